The largest absolute Gasteiger partial charge is 0.388 e. The maximum absolute atomic E-state index is 14.1. The molecule has 0 aliphatic rings. The molecule has 3 N–H and O–H groups in total. The first-order valence-electron chi connectivity index (χ1n) is 9.69. The van der Waals surface area contributed by atoms with E-state index in [0.717, 1.165) is 11.0 Å². The number of carbonyl (C=O) groups excluding carboxylic acids is 1. The van der Waals surface area contributed by atoms with Gasteiger partial charge in [0, 0.05) is 12.3 Å². The molecule has 3 rings (SSSR count). The first kappa shape index (κ1) is 23.0. The van der Waals surface area contributed by atoms with E-state index in [1.54, 1.807) is 51.1 Å². The fraction of sp³-hybridized carbons (Fsp3) is 0.227. The van der Waals surface area contributed by atoms with Gasteiger partial charge in [0.25, 0.3) is 0 Å². The Labute approximate surface area is 182 Å². The summed E-state index contributed by atoms with van der Waals surface area (Å²) in [5.74, 6) is -4.31. The molecule has 1 aromatic heterocycles. The number of carbonyl (C=O) groups is 1. The van der Waals surface area contributed by atoms with Gasteiger partial charge in [-0.3, -0.25) is 0 Å². The van der Waals surface area contributed by atoms with Crippen LogP contribution in [0.1, 0.15) is 20.8 Å². The summed E-state index contributed by atoms with van der Waals surface area (Å²) in [6, 6.07) is 10.2. The van der Waals surface area contributed by atoms with E-state index in [9.17, 15) is 23.1 Å². The molecule has 0 fully saturated rings. The highest BCUT2D eigenvalue weighted by atomic mass is 19.2. The summed E-state index contributed by atoms with van der Waals surface area (Å²) in [5.41, 5.74) is -1.22. The number of aliphatic hydroxyl groups is 1. The van der Waals surface area contributed by atoms with Crippen molar-refractivity contribution in [2.75, 3.05) is 15.5 Å². The predicted molar refractivity (Wildman–Crippen MR) is 115 cm³/mol. The molecule has 32 heavy (non-hydrogen) atoms. The van der Waals surface area contributed by atoms with E-state index in [2.05, 4.69) is 20.6 Å². The first-order chi connectivity index (χ1) is 15.1. The van der Waals surface area contributed by atoms with Crippen LogP contribution in [0.5, 0.6) is 0 Å². The Kier molecular flexibility index (Phi) is 6.64. The number of nitrogens with zero attached hydrogens (tertiary/aromatic N) is 3. The van der Waals surface area contributed by atoms with Gasteiger partial charge in [-0.1, -0.05) is 18.2 Å². The standard InChI is InChI=1S/C22H22F3N5O2/c1-13(22(2,3)32)27-20-26-12-11-17(29-20)30(14-7-5-4-6-8-14)21(31)28-16-10-9-15(23)18(24)19(16)25/h4-13,32H,1-3H3,(H,28,31)(H,26,27,29)/t13-/m0/s1. The van der Waals surface area contributed by atoms with Crippen LogP contribution in [0.3, 0.4) is 0 Å². The van der Waals surface area contributed by atoms with Crippen molar-refractivity contribution in [3.63, 3.8) is 0 Å². The molecule has 0 saturated carbocycles. The average Bonchev–Trinajstić information content (AvgIpc) is 2.75. The summed E-state index contributed by atoms with van der Waals surface area (Å²) in [6.45, 7) is 4.98. The van der Waals surface area contributed by atoms with Crippen LogP contribution in [0.2, 0.25) is 0 Å². The molecule has 3 aromatic rings. The van der Waals surface area contributed by atoms with E-state index < -0.39 is 40.8 Å². The van der Waals surface area contributed by atoms with Gasteiger partial charge in [0.2, 0.25) is 5.95 Å². The molecule has 2 aromatic carbocycles. The highest BCUT2D eigenvalue weighted by Crippen LogP contribution is 2.27. The number of para-hydroxylation sites is 1. The zero-order chi connectivity index (χ0) is 23.5. The van der Waals surface area contributed by atoms with Crippen LogP contribution in [0.25, 0.3) is 0 Å². The van der Waals surface area contributed by atoms with Crippen molar-refractivity contribution in [2.24, 2.45) is 0 Å². The second-order valence-corrected chi connectivity index (χ2v) is 7.58. The van der Waals surface area contributed by atoms with Crippen molar-refractivity contribution in [3.05, 3.63) is 72.2 Å². The van der Waals surface area contributed by atoms with Gasteiger partial charge in [0.15, 0.2) is 17.5 Å². The first-order valence-corrected chi connectivity index (χ1v) is 9.69. The van der Waals surface area contributed by atoms with Gasteiger partial charge in [-0.15, -0.1) is 0 Å². The van der Waals surface area contributed by atoms with E-state index in [0.29, 0.717) is 11.8 Å². The van der Waals surface area contributed by atoms with E-state index in [4.69, 9.17) is 0 Å². The lowest BCUT2D eigenvalue weighted by Gasteiger charge is -2.27. The number of hydrogen-bond donors (Lipinski definition) is 3. The topological polar surface area (TPSA) is 90.4 Å². The normalized spacial score (nSPS) is 12.2. The minimum absolute atomic E-state index is 0.122. The van der Waals surface area contributed by atoms with Crippen LogP contribution in [-0.4, -0.2) is 32.7 Å². The van der Waals surface area contributed by atoms with Gasteiger partial charge in [0.05, 0.1) is 23.0 Å². The summed E-state index contributed by atoms with van der Waals surface area (Å²) in [7, 11) is 0. The number of benzene rings is 2. The lowest BCUT2D eigenvalue weighted by Crippen LogP contribution is -2.40. The van der Waals surface area contributed by atoms with E-state index in [-0.39, 0.29) is 11.8 Å². The number of aromatic nitrogens is 2. The van der Waals surface area contributed by atoms with Crippen molar-refractivity contribution in [1.82, 2.24) is 9.97 Å². The molecule has 0 unspecified atom stereocenters. The Morgan fingerprint density at radius 2 is 1.75 bits per heavy atom. The second kappa shape index (κ2) is 9.23. The summed E-state index contributed by atoms with van der Waals surface area (Å²) in [4.78, 5) is 22.6. The Morgan fingerprint density at radius 3 is 2.41 bits per heavy atom. The maximum atomic E-state index is 14.1. The van der Waals surface area contributed by atoms with Crippen LogP contribution in [0, 0.1) is 17.5 Å². The Bertz CT molecular complexity index is 1110. The predicted octanol–water partition coefficient (Wildman–Crippen LogP) is 4.84. The molecule has 168 valence electrons. The van der Waals surface area contributed by atoms with Gasteiger partial charge in [0.1, 0.15) is 5.82 Å². The van der Waals surface area contributed by atoms with Crippen molar-refractivity contribution in [3.8, 4) is 0 Å². The summed E-state index contributed by atoms with van der Waals surface area (Å²) in [6.07, 6.45) is 1.41. The van der Waals surface area contributed by atoms with Gasteiger partial charge in [-0.25, -0.2) is 27.8 Å². The van der Waals surface area contributed by atoms with Gasteiger partial charge >= 0.3 is 6.03 Å². The fourth-order valence-electron chi connectivity index (χ4n) is 2.64. The monoisotopic (exact) mass is 445 g/mol. The zero-order valence-electron chi connectivity index (χ0n) is 17.6. The fourth-order valence-corrected chi connectivity index (χ4v) is 2.64. The second-order valence-electron chi connectivity index (χ2n) is 7.58. The van der Waals surface area contributed by atoms with Crippen LogP contribution in [0.4, 0.5) is 41.1 Å². The molecule has 10 heteroatoms. The molecule has 0 aliphatic carbocycles. The molecule has 0 spiro atoms. The van der Waals surface area contributed by atoms with Gasteiger partial charge < -0.3 is 15.7 Å². The lowest BCUT2D eigenvalue weighted by molar-refractivity contribution is 0.0646. The van der Waals surface area contributed by atoms with Gasteiger partial charge in [-0.2, -0.15) is 4.98 Å². The molecular weight excluding hydrogens is 423 g/mol. The summed E-state index contributed by atoms with van der Waals surface area (Å²) >= 11 is 0. The lowest BCUT2D eigenvalue weighted by atomic mass is 10.0. The van der Waals surface area contributed by atoms with E-state index >= 15 is 0 Å². The van der Waals surface area contributed by atoms with Crippen LogP contribution in [-0.2, 0) is 0 Å². The zero-order valence-corrected chi connectivity index (χ0v) is 17.6. The molecule has 0 saturated heterocycles. The minimum atomic E-state index is -1.69. The molecule has 0 bridgehead atoms. The summed E-state index contributed by atoms with van der Waals surface area (Å²) in [5, 5.41) is 15.3. The third kappa shape index (κ3) is 5.14. The smallest absolute Gasteiger partial charge is 0.332 e. The quantitative estimate of drug-likeness (QED) is 0.473. The summed E-state index contributed by atoms with van der Waals surface area (Å²) < 4.78 is 40.9. The third-order valence-electron chi connectivity index (χ3n) is 4.77. The number of anilines is 4. The molecule has 1 atom stereocenters. The Hall–Kier alpha value is -3.66. The number of hydrogen-bond acceptors (Lipinski definition) is 5. The molecule has 0 aliphatic heterocycles. The number of urea groups is 1. The van der Waals surface area contributed by atoms with Crippen LogP contribution in [0.15, 0.2) is 54.7 Å². The molecule has 2 amide bonds. The highest BCUT2D eigenvalue weighted by Gasteiger charge is 2.25. The maximum Gasteiger partial charge on any atom is 0.332 e. The molecule has 7 nitrogen and oxygen atoms in total. The molecule has 0 radical (unpaired) electrons. The molecular formula is C22H22F3N5O2. The number of rotatable bonds is 6. The van der Waals surface area contributed by atoms with Crippen molar-refractivity contribution < 1.29 is 23.1 Å². The average molecular weight is 445 g/mol. The van der Waals surface area contributed by atoms with E-state index in [1.807, 2.05) is 0 Å². The van der Waals surface area contributed by atoms with Gasteiger partial charge in [-0.05, 0) is 45.0 Å². The van der Waals surface area contributed by atoms with Crippen LogP contribution < -0.4 is 15.5 Å². The Balaban J connectivity index is 1.97. The van der Waals surface area contributed by atoms with E-state index in [1.165, 1.54) is 12.3 Å². The molecule has 1 heterocycles. The van der Waals surface area contributed by atoms with Crippen molar-refractivity contribution >= 4 is 29.2 Å². The SMILES string of the molecule is C[C@H](Nc1nccc(N(C(=O)Nc2ccc(F)c(F)c2F)c2ccccc2)n1)C(C)(C)O. The Morgan fingerprint density at radius 1 is 1.06 bits per heavy atom. The number of amides is 2. The number of halogens is 3. The number of nitrogens with one attached hydrogen (secondary N) is 2. The minimum Gasteiger partial charge on any atom is -0.388 e. The highest BCUT2D eigenvalue weighted by molar-refractivity contribution is 6.06. The van der Waals surface area contributed by atoms with Crippen LogP contribution >= 0.6 is 0 Å². The van der Waals surface area contributed by atoms with Crippen molar-refractivity contribution in [2.45, 2.75) is 32.4 Å². The third-order valence-corrected chi connectivity index (χ3v) is 4.77. The van der Waals surface area contributed by atoms with Crippen molar-refractivity contribution in [1.29, 1.82) is 0 Å².